The normalized spacial score (nSPS) is 13.1. The molecule has 2 aromatic carbocycles. The molecule has 3 aromatic rings. The Morgan fingerprint density at radius 3 is 2.52 bits per heavy atom. The number of nitrogens with one attached hydrogen (secondary N) is 2. The van der Waals surface area contributed by atoms with Crippen LogP contribution in [0.4, 0.5) is 0 Å². The number of hydrogen-bond acceptors (Lipinski definition) is 7. The second-order valence-electron chi connectivity index (χ2n) is 9.86. The predicted molar refractivity (Wildman–Crippen MR) is 161 cm³/mol. The smallest absolute Gasteiger partial charge is 0.288 e. The Labute approximate surface area is 247 Å². The van der Waals surface area contributed by atoms with E-state index in [2.05, 4.69) is 17.6 Å². The summed E-state index contributed by atoms with van der Waals surface area (Å²) in [5, 5.41) is 7.07. The quantitative estimate of drug-likeness (QED) is 0.0686. The van der Waals surface area contributed by atoms with Crippen molar-refractivity contribution < 1.29 is 32.7 Å². The minimum absolute atomic E-state index is 0.0649. The van der Waals surface area contributed by atoms with Gasteiger partial charge in [0.2, 0.25) is 19.7 Å². The first-order valence-electron chi connectivity index (χ1n) is 14.1. The summed E-state index contributed by atoms with van der Waals surface area (Å²) in [4.78, 5) is 43.0. The van der Waals surface area contributed by atoms with Crippen molar-refractivity contribution in [2.24, 2.45) is 5.92 Å². The van der Waals surface area contributed by atoms with E-state index in [1.54, 1.807) is 43.9 Å². The number of benzene rings is 2. The number of hydroxylamine groups is 2. The van der Waals surface area contributed by atoms with Gasteiger partial charge >= 0.3 is 0 Å². The van der Waals surface area contributed by atoms with Crippen LogP contribution in [0, 0.1) is 5.92 Å². The van der Waals surface area contributed by atoms with Gasteiger partial charge in [-0.15, -0.1) is 0 Å². The molecule has 2 atom stereocenters. The van der Waals surface area contributed by atoms with E-state index >= 15 is 0 Å². The molecule has 0 saturated heterocycles. The van der Waals surface area contributed by atoms with Crippen molar-refractivity contribution in [1.82, 2.24) is 15.7 Å². The second-order valence-corrected chi connectivity index (χ2v) is 12.3. The van der Waals surface area contributed by atoms with Crippen LogP contribution in [0.3, 0.4) is 0 Å². The Hall–Kier alpha value is -3.72. The van der Waals surface area contributed by atoms with Crippen molar-refractivity contribution in [1.29, 1.82) is 0 Å². The summed E-state index contributed by atoms with van der Waals surface area (Å²) in [6.45, 7) is 5.93. The molecule has 0 fully saturated rings. The molecule has 226 valence electrons. The fraction of sp³-hybridized carbons (Fsp3) is 0.387. The molecule has 0 saturated carbocycles. The molecule has 1 aromatic heterocycles. The molecule has 0 bridgehead atoms. The number of carbonyl (C=O) groups excluding carboxylic acids is 3. The fourth-order valence-corrected chi connectivity index (χ4v) is 5.68. The van der Waals surface area contributed by atoms with Gasteiger partial charge in [0, 0.05) is 17.5 Å². The maximum absolute atomic E-state index is 13.0. The number of rotatable bonds is 18. The molecule has 10 nitrogen and oxygen atoms in total. The first-order chi connectivity index (χ1) is 20.3. The van der Waals surface area contributed by atoms with E-state index < -0.39 is 19.2 Å². The molecule has 0 aliphatic rings. The summed E-state index contributed by atoms with van der Waals surface area (Å²) < 4.78 is 24.0. The van der Waals surface area contributed by atoms with E-state index in [9.17, 15) is 18.9 Å². The Morgan fingerprint density at radius 2 is 1.81 bits per heavy atom. The number of nitrogens with zero attached hydrogens (tertiary/aromatic N) is 1. The maximum Gasteiger partial charge on any atom is 0.288 e. The predicted octanol–water partition coefficient (Wildman–Crippen LogP) is 5.11. The summed E-state index contributed by atoms with van der Waals surface area (Å²) in [6, 6.07) is 19.6. The van der Waals surface area contributed by atoms with Gasteiger partial charge in [-0.2, -0.15) is 0 Å². The summed E-state index contributed by atoms with van der Waals surface area (Å²) in [6.07, 6.45) is 3.91. The van der Waals surface area contributed by atoms with Crippen LogP contribution in [-0.2, 0) is 30.1 Å². The zero-order chi connectivity index (χ0) is 30.4. The molecule has 3 amide bonds. The molecular weight excluding hydrogens is 557 g/mol. The van der Waals surface area contributed by atoms with Crippen LogP contribution >= 0.6 is 7.37 Å². The van der Waals surface area contributed by atoms with Gasteiger partial charge in [-0.3, -0.25) is 23.8 Å². The van der Waals surface area contributed by atoms with Gasteiger partial charge in [0.25, 0.3) is 5.91 Å². The van der Waals surface area contributed by atoms with Gasteiger partial charge in [0.1, 0.15) is 12.4 Å². The van der Waals surface area contributed by atoms with E-state index in [1.165, 1.54) is 6.07 Å². The summed E-state index contributed by atoms with van der Waals surface area (Å²) in [5.74, 6) is -0.811. The van der Waals surface area contributed by atoms with E-state index in [0.717, 1.165) is 29.9 Å². The van der Waals surface area contributed by atoms with Crippen molar-refractivity contribution in [2.45, 2.75) is 46.1 Å². The topological polar surface area (TPSA) is 127 Å². The average Bonchev–Trinajstić information content (AvgIpc) is 3.50. The lowest BCUT2D eigenvalue weighted by atomic mass is 10.0. The lowest BCUT2D eigenvalue weighted by Gasteiger charge is -2.23. The van der Waals surface area contributed by atoms with Gasteiger partial charge < -0.3 is 19.6 Å². The number of unbranched alkanes of at least 4 members (excludes halogenated alkanes) is 2. The Kier molecular flexibility index (Phi) is 13.0. The van der Waals surface area contributed by atoms with E-state index in [4.69, 9.17) is 13.8 Å². The summed E-state index contributed by atoms with van der Waals surface area (Å²) in [5.41, 5.74) is 1.56. The molecule has 0 spiro atoms. The van der Waals surface area contributed by atoms with Crippen molar-refractivity contribution in [3.8, 4) is 11.3 Å². The first kappa shape index (κ1) is 32.8. The highest BCUT2D eigenvalue weighted by molar-refractivity contribution is 7.66. The zero-order valence-corrected chi connectivity index (χ0v) is 25.3. The van der Waals surface area contributed by atoms with E-state index in [1.807, 2.05) is 30.3 Å². The largest absolute Gasteiger partial charge is 0.451 e. The number of carbonyl (C=O) groups is 3. The maximum atomic E-state index is 13.0. The molecule has 3 rings (SSSR count). The van der Waals surface area contributed by atoms with Crippen LogP contribution in [0.15, 0.2) is 71.1 Å². The van der Waals surface area contributed by atoms with Crippen molar-refractivity contribution in [2.75, 3.05) is 26.5 Å². The standard InChI is InChI=1S/C31H40N3O7P/c1-4-6-8-14-26(20-34(23-35)39-21-24-12-9-7-10-13-24)30(36)32-22-33-31(37)29-18-17-28(41-29)25-15-11-16-27(19-25)42(3,38)40-5-2/h7,9-13,15-19,23,26H,4-6,8,14,20-22H2,1-3H3,(H,32,36)(H,33,37)/t26-,42?/m1/s1. The Bertz CT molecular complexity index is 1350. The lowest BCUT2D eigenvalue weighted by Crippen LogP contribution is -2.43. The molecule has 1 heterocycles. The monoisotopic (exact) mass is 597 g/mol. The van der Waals surface area contributed by atoms with Crippen molar-refractivity contribution in [3.05, 3.63) is 78.1 Å². The van der Waals surface area contributed by atoms with Gasteiger partial charge in [-0.05, 0) is 43.2 Å². The molecule has 0 aliphatic carbocycles. The molecule has 2 N–H and O–H groups in total. The van der Waals surface area contributed by atoms with Crippen LogP contribution in [0.25, 0.3) is 11.3 Å². The number of amides is 3. The Morgan fingerprint density at radius 1 is 1.02 bits per heavy atom. The van der Waals surface area contributed by atoms with Crippen LogP contribution in [0.5, 0.6) is 0 Å². The van der Waals surface area contributed by atoms with Gasteiger partial charge in [0.15, 0.2) is 5.76 Å². The zero-order valence-electron chi connectivity index (χ0n) is 24.4. The van der Waals surface area contributed by atoms with Gasteiger partial charge in [-0.25, -0.2) is 5.06 Å². The highest BCUT2D eigenvalue weighted by Crippen LogP contribution is 2.41. The molecule has 11 heteroatoms. The highest BCUT2D eigenvalue weighted by Gasteiger charge is 2.23. The van der Waals surface area contributed by atoms with Gasteiger partial charge in [-0.1, -0.05) is 68.7 Å². The Balaban J connectivity index is 1.56. The molecule has 42 heavy (non-hydrogen) atoms. The number of furan rings is 1. The molecule has 0 aliphatic heterocycles. The molecular formula is C31H40N3O7P. The third-order valence-corrected chi connectivity index (χ3v) is 8.57. The minimum atomic E-state index is -2.97. The third-order valence-electron chi connectivity index (χ3n) is 6.60. The third kappa shape index (κ3) is 9.98. The van der Waals surface area contributed by atoms with Crippen LogP contribution in [0.1, 0.15) is 55.6 Å². The minimum Gasteiger partial charge on any atom is -0.451 e. The SMILES string of the molecule is CCCCC[C@H](CN(C=O)OCc1ccccc1)C(=O)NCNC(=O)c1ccc(-c2cccc(P(C)(=O)OCC)c2)o1. The molecule has 0 radical (unpaired) electrons. The summed E-state index contributed by atoms with van der Waals surface area (Å²) >= 11 is 0. The van der Waals surface area contributed by atoms with Gasteiger partial charge in [0.05, 0.1) is 25.7 Å². The second kappa shape index (κ2) is 16.7. The fourth-order valence-electron chi connectivity index (χ4n) is 4.31. The lowest BCUT2D eigenvalue weighted by molar-refractivity contribution is -0.182. The van der Waals surface area contributed by atoms with Crippen LogP contribution in [0.2, 0.25) is 0 Å². The van der Waals surface area contributed by atoms with Crippen LogP contribution < -0.4 is 15.9 Å². The summed E-state index contributed by atoms with van der Waals surface area (Å²) in [7, 11) is -2.97. The first-order valence-corrected chi connectivity index (χ1v) is 16.2. The molecule has 1 unspecified atom stereocenters. The van der Waals surface area contributed by atoms with Crippen LogP contribution in [-0.4, -0.2) is 49.8 Å². The van der Waals surface area contributed by atoms with E-state index in [-0.39, 0.29) is 31.5 Å². The number of hydrogen-bond donors (Lipinski definition) is 2. The highest BCUT2D eigenvalue weighted by atomic mass is 31.2. The van der Waals surface area contributed by atoms with E-state index in [0.29, 0.717) is 36.1 Å². The average molecular weight is 598 g/mol. The van der Waals surface area contributed by atoms with Crippen molar-refractivity contribution in [3.63, 3.8) is 0 Å². The van der Waals surface area contributed by atoms with Crippen molar-refractivity contribution >= 4 is 30.9 Å².